The first-order chi connectivity index (χ1) is 8.02. The van der Waals surface area contributed by atoms with Gasteiger partial charge in [0.15, 0.2) is 0 Å². The smallest absolute Gasteiger partial charge is 0.0992 e. The second-order valence-corrected chi connectivity index (χ2v) is 7.02. The normalized spacial score (nSPS) is 18.8. The molecule has 1 saturated heterocycles. The van der Waals surface area contributed by atoms with Crippen LogP contribution in [0.4, 0.5) is 5.69 Å². The number of thioether (sulfide) groups is 1. The van der Waals surface area contributed by atoms with Crippen molar-refractivity contribution in [3.8, 4) is 6.07 Å². The minimum Gasteiger partial charge on any atom is -0.368 e. The summed E-state index contributed by atoms with van der Waals surface area (Å²) < 4.78 is 0.259. The standard InChI is InChI=1S/C13H15ClN2S/c1-13(2)9-16(5-6-17-13)12-4-3-10(8-15)7-11(12)14/h3-4,7H,5-6,9H2,1-2H3. The lowest BCUT2D eigenvalue weighted by Gasteiger charge is -2.39. The van der Waals surface area contributed by atoms with Gasteiger partial charge in [-0.1, -0.05) is 11.6 Å². The monoisotopic (exact) mass is 266 g/mol. The molecular weight excluding hydrogens is 252 g/mol. The molecule has 2 rings (SSSR count). The van der Waals surface area contributed by atoms with Gasteiger partial charge in [-0.15, -0.1) is 0 Å². The molecular formula is C13H15ClN2S. The van der Waals surface area contributed by atoms with Gasteiger partial charge in [-0.05, 0) is 32.0 Å². The predicted octanol–water partition coefficient (Wildman–Crippen LogP) is 3.54. The zero-order valence-electron chi connectivity index (χ0n) is 10.0. The van der Waals surface area contributed by atoms with E-state index in [1.807, 2.05) is 23.9 Å². The molecule has 0 bridgehead atoms. The molecule has 1 aliphatic rings. The molecule has 90 valence electrons. The van der Waals surface area contributed by atoms with Gasteiger partial charge in [-0.3, -0.25) is 0 Å². The van der Waals surface area contributed by atoms with Crippen molar-refractivity contribution < 1.29 is 0 Å². The zero-order chi connectivity index (χ0) is 12.5. The van der Waals surface area contributed by atoms with Crippen molar-refractivity contribution in [1.29, 1.82) is 5.26 Å². The van der Waals surface area contributed by atoms with E-state index in [4.69, 9.17) is 16.9 Å². The Morgan fingerprint density at radius 1 is 1.47 bits per heavy atom. The van der Waals surface area contributed by atoms with Crippen LogP contribution in [0.1, 0.15) is 19.4 Å². The lowest BCUT2D eigenvalue weighted by Crippen LogP contribution is -2.43. The predicted molar refractivity (Wildman–Crippen MR) is 74.9 cm³/mol. The summed E-state index contributed by atoms with van der Waals surface area (Å²) in [7, 11) is 0. The fourth-order valence-corrected chi connectivity index (χ4v) is 3.47. The fraction of sp³-hybridized carbons (Fsp3) is 0.462. The number of halogens is 1. The molecule has 0 saturated carbocycles. The van der Waals surface area contributed by atoms with Crippen LogP contribution < -0.4 is 4.90 Å². The van der Waals surface area contributed by atoms with E-state index in [0.29, 0.717) is 10.6 Å². The summed E-state index contributed by atoms with van der Waals surface area (Å²) in [4.78, 5) is 2.31. The van der Waals surface area contributed by atoms with E-state index >= 15 is 0 Å². The average molecular weight is 267 g/mol. The molecule has 0 amide bonds. The first-order valence-corrected chi connectivity index (χ1v) is 6.97. The zero-order valence-corrected chi connectivity index (χ0v) is 11.6. The molecule has 0 aliphatic carbocycles. The van der Waals surface area contributed by atoms with Gasteiger partial charge in [0.25, 0.3) is 0 Å². The number of benzene rings is 1. The Hall–Kier alpha value is -0.850. The Morgan fingerprint density at radius 2 is 2.24 bits per heavy atom. The van der Waals surface area contributed by atoms with Crippen LogP contribution in [0.3, 0.4) is 0 Å². The van der Waals surface area contributed by atoms with Crippen molar-refractivity contribution in [2.45, 2.75) is 18.6 Å². The second-order valence-electron chi connectivity index (χ2n) is 4.81. The Morgan fingerprint density at radius 3 is 2.82 bits per heavy atom. The summed E-state index contributed by atoms with van der Waals surface area (Å²) in [5.41, 5.74) is 1.66. The average Bonchev–Trinajstić information content (AvgIpc) is 2.27. The van der Waals surface area contributed by atoms with Crippen LogP contribution in [0.25, 0.3) is 0 Å². The third-order valence-corrected chi connectivity index (χ3v) is 4.44. The Kier molecular flexibility index (Phi) is 3.56. The number of anilines is 1. The lowest BCUT2D eigenvalue weighted by atomic mass is 10.1. The van der Waals surface area contributed by atoms with Crippen molar-refractivity contribution in [3.63, 3.8) is 0 Å². The van der Waals surface area contributed by atoms with Crippen molar-refractivity contribution in [1.82, 2.24) is 0 Å². The topological polar surface area (TPSA) is 27.0 Å². The van der Waals surface area contributed by atoms with Crippen molar-refractivity contribution in [2.75, 3.05) is 23.7 Å². The van der Waals surface area contributed by atoms with Crippen molar-refractivity contribution >= 4 is 29.1 Å². The number of nitrogens with zero attached hydrogens (tertiary/aromatic N) is 2. The van der Waals surface area contributed by atoms with Crippen molar-refractivity contribution in [3.05, 3.63) is 28.8 Å². The Bertz CT molecular complexity index is 465. The largest absolute Gasteiger partial charge is 0.368 e. The Labute approximate surface area is 112 Å². The minimum absolute atomic E-state index is 0.259. The van der Waals surface area contributed by atoms with Crippen LogP contribution in [0.5, 0.6) is 0 Å². The summed E-state index contributed by atoms with van der Waals surface area (Å²) >= 11 is 8.23. The fourth-order valence-electron chi connectivity index (χ4n) is 2.05. The summed E-state index contributed by atoms with van der Waals surface area (Å²) in [6, 6.07) is 7.63. The number of hydrogen-bond donors (Lipinski definition) is 0. The van der Waals surface area contributed by atoms with Gasteiger partial charge in [-0.2, -0.15) is 17.0 Å². The maximum absolute atomic E-state index is 8.82. The molecule has 0 spiro atoms. The minimum atomic E-state index is 0.259. The summed E-state index contributed by atoms with van der Waals surface area (Å²) in [5.74, 6) is 1.11. The Balaban J connectivity index is 2.26. The van der Waals surface area contributed by atoms with E-state index in [1.54, 1.807) is 6.07 Å². The first-order valence-electron chi connectivity index (χ1n) is 5.60. The van der Waals surface area contributed by atoms with Crippen LogP contribution in [0.2, 0.25) is 5.02 Å². The molecule has 1 aliphatic heterocycles. The van der Waals surface area contributed by atoms with Gasteiger partial charge in [-0.25, -0.2) is 0 Å². The summed E-state index contributed by atoms with van der Waals surface area (Å²) in [6.45, 7) is 6.51. The molecule has 1 aromatic carbocycles. The lowest BCUT2D eigenvalue weighted by molar-refractivity contribution is 0.648. The molecule has 1 aromatic rings. The highest BCUT2D eigenvalue weighted by molar-refractivity contribution is 8.00. The van der Waals surface area contributed by atoms with Gasteiger partial charge in [0.05, 0.1) is 22.3 Å². The van der Waals surface area contributed by atoms with Crippen LogP contribution >= 0.6 is 23.4 Å². The van der Waals surface area contributed by atoms with Gasteiger partial charge >= 0.3 is 0 Å². The SMILES string of the molecule is CC1(C)CN(c2ccc(C#N)cc2Cl)CCS1. The van der Waals surface area contributed by atoms with Crippen LogP contribution in [0.15, 0.2) is 18.2 Å². The molecule has 0 N–H and O–H groups in total. The third kappa shape index (κ3) is 2.88. The highest BCUT2D eigenvalue weighted by atomic mass is 35.5. The first kappa shape index (κ1) is 12.6. The van der Waals surface area contributed by atoms with E-state index in [1.165, 1.54) is 0 Å². The van der Waals surface area contributed by atoms with Gasteiger partial charge in [0.2, 0.25) is 0 Å². The summed E-state index contributed by atoms with van der Waals surface area (Å²) in [6.07, 6.45) is 0. The molecule has 0 unspecified atom stereocenters. The number of hydrogen-bond acceptors (Lipinski definition) is 3. The molecule has 4 heteroatoms. The number of rotatable bonds is 1. The van der Waals surface area contributed by atoms with E-state index in [2.05, 4.69) is 24.8 Å². The van der Waals surface area contributed by atoms with E-state index in [-0.39, 0.29) is 4.75 Å². The number of nitriles is 1. The molecule has 0 radical (unpaired) electrons. The maximum Gasteiger partial charge on any atom is 0.0992 e. The van der Waals surface area contributed by atoms with E-state index < -0.39 is 0 Å². The molecule has 0 aromatic heterocycles. The second kappa shape index (κ2) is 4.80. The molecule has 1 heterocycles. The third-order valence-electron chi connectivity index (χ3n) is 2.84. The van der Waals surface area contributed by atoms with E-state index in [9.17, 15) is 0 Å². The molecule has 0 atom stereocenters. The molecule has 17 heavy (non-hydrogen) atoms. The van der Waals surface area contributed by atoms with Crippen LogP contribution in [-0.2, 0) is 0 Å². The summed E-state index contributed by atoms with van der Waals surface area (Å²) in [5, 5.41) is 9.49. The van der Waals surface area contributed by atoms with Crippen molar-refractivity contribution in [2.24, 2.45) is 0 Å². The van der Waals surface area contributed by atoms with Gasteiger partial charge in [0, 0.05) is 23.6 Å². The highest BCUT2D eigenvalue weighted by Crippen LogP contribution is 2.35. The van der Waals surface area contributed by atoms with Gasteiger partial charge in [0.1, 0.15) is 0 Å². The quantitative estimate of drug-likeness (QED) is 0.778. The van der Waals surface area contributed by atoms with Crippen LogP contribution in [-0.4, -0.2) is 23.6 Å². The van der Waals surface area contributed by atoms with Crippen LogP contribution in [0, 0.1) is 11.3 Å². The molecule has 1 fully saturated rings. The van der Waals surface area contributed by atoms with Gasteiger partial charge < -0.3 is 4.90 Å². The van der Waals surface area contributed by atoms with E-state index in [0.717, 1.165) is 24.5 Å². The molecule has 2 nitrogen and oxygen atoms in total. The highest BCUT2D eigenvalue weighted by Gasteiger charge is 2.27. The maximum atomic E-state index is 8.82.